The third-order valence-corrected chi connectivity index (χ3v) is 7.59. The molecule has 5 aromatic carbocycles. The second-order valence-corrected chi connectivity index (χ2v) is 9.49. The standard InChI is InChI=1S/C29H20O3S/c30-29(31)27-15-7-14-26-25(27)13-8-16-28(26)32-21-17-19-24(20-18-21)33(22-9-3-1-4-10-22)23-11-5-2-6-12-23/h1-20H/p+1. The van der Waals surface area contributed by atoms with E-state index in [9.17, 15) is 9.90 Å². The molecule has 0 radical (unpaired) electrons. The zero-order valence-corrected chi connectivity index (χ0v) is 18.5. The fourth-order valence-electron chi connectivity index (χ4n) is 3.85. The second kappa shape index (κ2) is 9.23. The summed E-state index contributed by atoms with van der Waals surface area (Å²) in [5.41, 5.74) is 0.267. The van der Waals surface area contributed by atoms with Gasteiger partial charge in [0.2, 0.25) is 0 Å². The zero-order valence-electron chi connectivity index (χ0n) is 17.7. The van der Waals surface area contributed by atoms with Gasteiger partial charge in [0.05, 0.1) is 16.5 Å². The Morgan fingerprint density at radius 2 is 1.12 bits per heavy atom. The molecule has 1 N–H and O–H groups in total. The van der Waals surface area contributed by atoms with E-state index in [0.717, 1.165) is 5.39 Å². The fourth-order valence-corrected chi connectivity index (χ4v) is 5.93. The van der Waals surface area contributed by atoms with E-state index in [4.69, 9.17) is 4.74 Å². The number of carboxylic acids is 1. The van der Waals surface area contributed by atoms with Gasteiger partial charge >= 0.3 is 5.97 Å². The average molecular weight is 450 g/mol. The van der Waals surface area contributed by atoms with E-state index >= 15 is 0 Å². The number of carboxylic acid groups (broad SMARTS) is 1. The highest BCUT2D eigenvalue weighted by molar-refractivity contribution is 7.97. The van der Waals surface area contributed by atoms with E-state index in [0.29, 0.717) is 16.9 Å². The fraction of sp³-hybridized carbons (Fsp3) is 0. The molecule has 0 aliphatic heterocycles. The van der Waals surface area contributed by atoms with Crippen LogP contribution in [-0.2, 0) is 10.9 Å². The van der Waals surface area contributed by atoms with Crippen molar-refractivity contribution in [3.63, 3.8) is 0 Å². The Morgan fingerprint density at radius 1 is 0.576 bits per heavy atom. The molecule has 160 valence electrons. The van der Waals surface area contributed by atoms with E-state index in [1.54, 1.807) is 18.2 Å². The summed E-state index contributed by atoms with van der Waals surface area (Å²) in [4.78, 5) is 15.3. The largest absolute Gasteiger partial charge is 0.478 e. The molecule has 5 aromatic rings. The monoisotopic (exact) mass is 449 g/mol. The third kappa shape index (κ3) is 4.34. The first-order chi connectivity index (χ1) is 16.2. The smallest absolute Gasteiger partial charge is 0.336 e. The molecular weight excluding hydrogens is 428 g/mol. The summed E-state index contributed by atoms with van der Waals surface area (Å²) in [6.07, 6.45) is 0. The normalized spacial score (nSPS) is 10.9. The summed E-state index contributed by atoms with van der Waals surface area (Å²) in [5, 5.41) is 10.9. The van der Waals surface area contributed by atoms with Gasteiger partial charge in [-0.2, -0.15) is 0 Å². The van der Waals surface area contributed by atoms with E-state index in [1.165, 1.54) is 14.7 Å². The molecule has 0 atom stereocenters. The Labute approximate surface area is 195 Å². The highest BCUT2D eigenvalue weighted by atomic mass is 32.2. The molecule has 0 amide bonds. The van der Waals surface area contributed by atoms with Crippen LogP contribution in [-0.4, -0.2) is 11.1 Å². The molecule has 33 heavy (non-hydrogen) atoms. The van der Waals surface area contributed by atoms with Gasteiger partial charge in [-0.05, 0) is 66.0 Å². The number of rotatable bonds is 6. The lowest BCUT2D eigenvalue weighted by Gasteiger charge is -2.11. The van der Waals surface area contributed by atoms with Crippen LogP contribution < -0.4 is 4.74 Å². The van der Waals surface area contributed by atoms with E-state index in [1.807, 2.05) is 42.5 Å². The first-order valence-corrected chi connectivity index (χ1v) is 11.8. The predicted molar refractivity (Wildman–Crippen MR) is 132 cm³/mol. The predicted octanol–water partition coefficient (Wildman–Crippen LogP) is 7.43. The summed E-state index contributed by atoms with van der Waals surface area (Å²) in [6.45, 7) is 0. The minimum absolute atomic E-state index is 0.221. The highest BCUT2D eigenvalue weighted by Crippen LogP contribution is 2.35. The number of hydrogen-bond acceptors (Lipinski definition) is 2. The lowest BCUT2D eigenvalue weighted by molar-refractivity contribution is 0.0699. The van der Waals surface area contributed by atoms with Gasteiger partial charge in [-0.25, -0.2) is 4.79 Å². The summed E-state index contributed by atoms with van der Waals surface area (Å²) in [7, 11) is -0.221. The minimum atomic E-state index is -0.948. The SMILES string of the molecule is O=C(O)c1cccc2c(Oc3ccc([S+](c4ccccc4)c4ccccc4)cc3)cccc12. The van der Waals surface area contributed by atoms with Crippen LogP contribution in [0.3, 0.4) is 0 Å². The van der Waals surface area contributed by atoms with Crippen molar-refractivity contribution in [3.05, 3.63) is 127 Å². The minimum Gasteiger partial charge on any atom is -0.478 e. The van der Waals surface area contributed by atoms with Gasteiger partial charge in [0.1, 0.15) is 11.5 Å². The quantitative estimate of drug-likeness (QED) is 0.274. The third-order valence-electron chi connectivity index (χ3n) is 5.36. The van der Waals surface area contributed by atoms with Crippen molar-refractivity contribution >= 4 is 27.6 Å². The summed E-state index contributed by atoms with van der Waals surface area (Å²) >= 11 is 0. The van der Waals surface area contributed by atoms with Crippen molar-refractivity contribution in [1.29, 1.82) is 0 Å². The first-order valence-electron chi connectivity index (χ1n) is 10.6. The summed E-state index contributed by atoms with van der Waals surface area (Å²) < 4.78 is 6.18. The maximum atomic E-state index is 11.6. The molecule has 5 rings (SSSR count). The Kier molecular flexibility index (Phi) is 5.83. The van der Waals surface area contributed by atoms with Crippen LogP contribution in [0.5, 0.6) is 11.5 Å². The molecule has 0 aliphatic rings. The highest BCUT2D eigenvalue weighted by Gasteiger charge is 2.28. The van der Waals surface area contributed by atoms with Gasteiger partial charge in [0.25, 0.3) is 0 Å². The molecule has 0 saturated carbocycles. The van der Waals surface area contributed by atoms with E-state index in [2.05, 4.69) is 60.7 Å². The van der Waals surface area contributed by atoms with Gasteiger partial charge in [-0.1, -0.05) is 60.7 Å². The van der Waals surface area contributed by atoms with Crippen LogP contribution in [0.25, 0.3) is 10.8 Å². The van der Waals surface area contributed by atoms with Gasteiger partial charge < -0.3 is 9.84 Å². The molecule has 0 spiro atoms. The number of ether oxygens (including phenoxy) is 1. The average Bonchev–Trinajstić information content (AvgIpc) is 2.86. The lowest BCUT2D eigenvalue weighted by atomic mass is 10.0. The summed E-state index contributed by atoms with van der Waals surface area (Å²) in [6, 6.07) is 39.9. The molecule has 0 heterocycles. The van der Waals surface area contributed by atoms with E-state index in [-0.39, 0.29) is 16.5 Å². The molecule has 0 bridgehead atoms. The van der Waals surface area contributed by atoms with Crippen molar-refractivity contribution in [2.24, 2.45) is 0 Å². The van der Waals surface area contributed by atoms with Crippen molar-refractivity contribution in [3.8, 4) is 11.5 Å². The first kappa shape index (κ1) is 20.9. The van der Waals surface area contributed by atoms with Crippen LogP contribution in [0.2, 0.25) is 0 Å². The van der Waals surface area contributed by atoms with Gasteiger partial charge in [0, 0.05) is 5.39 Å². The van der Waals surface area contributed by atoms with E-state index < -0.39 is 5.97 Å². The maximum Gasteiger partial charge on any atom is 0.336 e. The number of benzene rings is 5. The van der Waals surface area contributed by atoms with Crippen molar-refractivity contribution < 1.29 is 14.6 Å². The number of carbonyl (C=O) groups is 1. The van der Waals surface area contributed by atoms with Crippen LogP contribution in [0.4, 0.5) is 0 Å². The molecule has 0 aromatic heterocycles. The molecule has 4 heteroatoms. The van der Waals surface area contributed by atoms with Gasteiger partial charge in [-0.15, -0.1) is 0 Å². The molecular formula is C29H21O3S+. The van der Waals surface area contributed by atoms with Gasteiger partial charge in [-0.3, -0.25) is 0 Å². The zero-order chi connectivity index (χ0) is 22.6. The second-order valence-electron chi connectivity index (χ2n) is 7.47. The number of fused-ring (bicyclic) bond motifs is 1. The van der Waals surface area contributed by atoms with Crippen LogP contribution in [0.1, 0.15) is 10.4 Å². The number of hydrogen-bond donors (Lipinski definition) is 1. The van der Waals surface area contributed by atoms with Crippen LogP contribution in [0, 0.1) is 0 Å². The number of aromatic carboxylic acids is 1. The Morgan fingerprint density at radius 3 is 1.73 bits per heavy atom. The molecule has 0 aliphatic carbocycles. The Balaban J connectivity index is 1.49. The lowest BCUT2D eigenvalue weighted by Crippen LogP contribution is -2.04. The van der Waals surface area contributed by atoms with Crippen LogP contribution >= 0.6 is 0 Å². The molecule has 0 unspecified atom stereocenters. The summed E-state index contributed by atoms with van der Waals surface area (Å²) in [5.74, 6) is 0.390. The van der Waals surface area contributed by atoms with Crippen molar-refractivity contribution in [2.45, 2.75) is 14.7 Å². The van der Waals surface area contributed by atoms with Crippen molar-refractivity contribution in [2.75, 3.05) is 0 Å². The Bertz CT molecular complexity index is 1360. The molecule has 3 nitrogen and oxygen atoms in total. The van der Waals surface area contributed by atoms with Crippen LogP contribution in [0.15, 0.2) is 136 Å². The topological polar surface area (TPSA) is 46.5 Å². The van der Waals surface area contributed by atoms with Gasteiger partial charge in [0.15, 0.2) is 14.7 Å². The maximum absolute atomic E-state index is 11.6. The van der Waals surface area contributed by atoms with Crippen molar-refractivity contribution in [1.82, 2.24) is 0 Å². The molecule has 0 saturated heterocycles. The Hall–Kier alpha value is -4.02. The molecule has 0 fully saturated rings.